The molecular weight excluding hydrogens is 311 g/mol. The van der Waals surface area contributed by atoms with E-state index in [0.717, 1.165) is 0 Å². The molecule has 0 N–H and O–H groups in total. The lowest BCUT2D eigenvalue weighted by molar-refractivity contribution is 0.140. The predicted octanol–water partition coefficient (Wildman–Crippen LogP) is 4.60. The number of aromatic nitrogens is 1. The first kappa shape index (κ1) is 17.1. The van der Waals surface area contributed by atoms with Crippen LogP contribution in [0.2, 0.25) is 19.6 Å². The summed E-state index contributed by atoms with van der Waals surface area (Å²) in [4.78, 5) is 4.21. The van der Waals surface area contributed by atoms with Gasteiger partial charge in [-0.2, -0.15) is 5.26 Å². The molecule has 2 rings (SSSR count). The molecule has 23 heavy (non-hydrogen) atoms. The number of pyridine rings is 1. The van der Waals surface area contributed by atoms with E-state index >= 15 is 0 Å². The molecule has 4 nitrogen and oxygen atoms in total. The van der Waals surface area contributed by atoms with Crippen molar-refractivity contribution in [3.8, 4) is 17.7 Å². The van der Waals surface area contributed by atoms with Crippen LogP contribution in [-0.4, -0.2) is 13.3 Å². The Morgan fingerprint density at radius 1 is 1.13 bits per heavy atom. The summed E-state index contributed by atoms with van der Waals surface area (Å²) in [5.74, 6) is 0.538. The maximum Gasteiger partial charge on any atom is 0.219 e. The van der Waals surface area contributed by atoms with Gasteiger partial charge in [0.15, 0.2) is 13.9 Å². The minimum Gasteiger partial charge on any atom is -0.439 e. The zero-order valence-electron chi connectivity index (χ0n) is 13.6. The first-order valence-electron chi connectivity index (χ1n) is 7.23. The number of benzene rings is 1. The van der Waals surface area contributed by atoms with E-state index in [1.54, 1.807) is 25.3 Å². The van der Waals surface area contributed by atoms with Crippen molar-refractivity contribution in [2.24, 2.45) is 0 Å². The fourth-order valence-corrected chi connectivity index (χ4v) is 3.49. The SMILES string of the molecule is CC(C#N)(O[Si](C)(C)C)c1ccc(Oc2ccc(F)cc2)nc1. The van der Waals surface area contributed by atoms with Crippen molar-refractivity contribution < 1.29 is 13.6 Å². The lowest BCUT2D eigenvalue weighted by atomic mass is 10.0. The third kappa shape index (κ3) is 4.62. The monoisotopic (exact) mass is 330 g/mol. The topological polar surface area (TPSA) is 55.1 Å². The molecule has 1 aromatic heterocycles. The fourth-order valence-electron chi connectivity index (χ4n) is 2.10. The zero-order valence-corrected chi connectivity index (χ0v) is 14.6. The summed E-state index contributed by atoms with van der Waals surface area (Å²) in [6, 6.07) is 11.3. The molecule has 0 spiro atoms. The van der Waals surface area contributed by atoms with Gasteiger partial charge in [0.25, 0.3) is 0 Å². The quantitative estimate of drug-likeness (QED) is 0.752. The molecule has 0 saturated carbocycles. The molecule has 6 heteroatoms. The first-order chi connectivity index (χ1) is 10.7. The molecule has 1 atom stereocenters. The lowest BCUT2D eigenvalue weighted by Gasteiger charge is -2.30. The Morgan fingerprint density at radius 2 is 1.78 bits per heavy atom. The second kappa shape index (κ2) is 6.48. The van der Waals surface area contributed by atoms with Gasteiger partial charge < -0.3 is 9.16 Å². The second-order valence-electron chi connectivity index (χ2n) is 6.30. The zero-order chi connectivity index (χ0) is 17.1. The predicted molar refractivity (Wildman–Crippen MR) is 88.1 cm³/mol. The molecule has 0 amide bonds. The van der Waals surface area contributed by atoms with E-state index < -0.39 is 13.9 Å². The minimum absolute atomic E-state index is 0.325. The number of hydrogen-bond acceptors (Lipinski definition) is 4. The highest BCUT2D eigenvalue weighted by atomic mass is 28.4. The first-order valence-corrected chi connectivity index (χ1v) is 10.6. The highest BCUT2D eigenvalue weighted by molar-refractivity contribution is 6.69. The fraction of sp³-hybridized carbons (Fsp3) is 0.294. The van der Waals surface area contributed by atoms with Crippen LogP contribution in [0.25, 0.3) is 0 Å². The summed E-state index contributed by atoms with van der Waals surface area (Å²) in [6.45, 7) is 7.83. The van der Waals surface area contributed by atoms with Gasteiger partial charge in [0.05, 0.1) is 0 Å². The molecule has 1 heterocycles. The van der Waals surface area contributed by atoms with Crippen molar-refractivity contribution in [3.05, 3.63) is 54.0 Å². The molecule has 0 saturated heterocycles. The van der Waals surface area contributed by atoms with Crippen molar-refractivity contribution in [3.63, 3.8) is 0 Å². The van der Waals surface area contributed by atoms with Gasteiger partial charge in [-0.25, -0.2) is 9.37 Å². The van der Waals surface area contributed by atoms with Gasteiger partial charge in [0.1, 0.15) is 17.6 Å². The van der Waals surface area contributed by atoms with Crippen LogP contribution in [-0.2, 0) is 10.0 Å². The third-order valence-electron chi connectivity index (χ3n) is 3.05. The molecule has 2 aromatic rings. The summed E-state index contributed by atoms with van der Waals surface area (Å²) in [5, 5.41) is 9.49. The summed E-state index contributed by atoms with van der Waals surface area (Å²) in [5.41, 5.74) is -0.361. The van der Waals surface area contributed by atoms with E-state index in [-0.39, 0.29) is 5.82 Å². The van der Waals surface area contributed by atoms with Crippen LogP contribution in [0, 0.1) is 17.1 Å². The molecule has 0 aliphatic rings. The Labute approximate surface area is 136 Å². The van der Waals surface area contributed by atoms with E-state index in [0.29, 0.717) is 17.2 Å². The van der Waals surface area contributed by atoms with Crippen LogP contribution in [0.4, 0.5) is 4.39 Å². The number of hydrogen-bond donors (Lipinski definition) is 0. The average molecular weight is 330 g/mol. The standard InChI is InChI=1S/C17H19FN2O2Si/c1-17(12-19,22-23(2,3)4)13-5-10-16(20-11-13)21-15-8-6-14(18)7-9-15/h5-11H,1-4H3. The molecule has 0 fully saturated rings. The molecule has 120 valence electrons. The molecular formula is C17H19FN2O2Si. The number of ether oxygens (including phenoxy) is 1. The largest absolute Gasteiger partial charge is 0.439 e. The Bertz CT molecular complexity index is 705. The van der Waals surface area contributed by atoms with Crippen molar-refractivity contribution in [1.82, 2.24) is 4.98 Å². The van der Waals surface area contributed by atoms with E-state index in [4.69, 9.17) is 9.16 Å². The van der Waals surface area contributed by atoms with Gasteiger partial charge in [-0.1, -0.05) is 0 Å². The van der Waals surface area contributed by atoms with Crippen LogP contribution in [0.15, 0.2) is 42.6 Å². The number of halogens is 1. The molecule has 0 bridgehead atoms. The Balaban J connectivity index is 2.18. The van der Waals surface area contributed by atoms with Gasteiger partial charge in [-0.3, -0.25) is 0 Å². The van der Waals surface area contributed by atoms with E-state index in [1.807, 2.05) is 19.6 Å². The summed E-state index contributed by atoms with van der Waals surface area (Å²) < 4.78 is 24.4. The van der Waals surface area contributed by atoms with E-state index in [1.165, 1.54) is 24.3 Å². The van der Waals surface area contributed by atoms with Crippen LogP contribution in [0.5, 0.6) is 11.6 Å². The summed E-state index contributed by atoms with van der Waals surface area (Å²) in [6.07, 6.45) is 1.57. The van der Waals surface area contributed by atoms with E-state index in [9.17, 15) is 9.65 Å². The maximum atomic E-state index is 12.9. The van der Waals surface area contributed by atoms with Crippen LogP contribution >= 0.6 is 0 Å². The van der Waals surface area contributed by atoms with Crippen LogP contribution in [0.3, 0.4) is 0 Å². The lowest BCUT2D eigenvalue weighted by Crippen LogP contribution is -2.37. The van der Waals surface area contributed by atoms with Crippen molar-refractivity contribution in [2.45, 2.75) is 32.2 Å². The van der Waals surface area contributed by atoms with Gasteiger partial charge in [-0.05, 0) is 56.9 Å². The Hall–Kier alpha value is -2.23. The van der Waals surface area contributed by atoms with E-state index in [2.05, 4.69) is 11.1 Å². The highest BCUT2D eigenvalue weighted by Gasteiger charge is 2.33. The van der Waals surface area contributed by atoms with Gasteiger partial charge in [0.2, 0.25) is 5.88 Å². The number of nitrogens with zero attached hydrogens (tertiary/aromatic N) is 2. The number of nitriles is 1. The van der Waals surface area contributed by atoms with Gasteiger partial charge >= 0.3 is 0 Å². The van der Waals surface area contributed by atoms with Gasteiger partial charge in [-0.15, -0.1) is 0 Å². The highest BCUT2D eigenvalue weighted by Crippen LogP contribution is 2.29. The Morgan fingerprint density at radius 3 is 2.26 bits per heavy atom. The van der Waals surface area contributed by atoms with Gasteiger partial charge in [0, 0.05) is 17.8 Å². The van der Waals surface area contributed by atoms with Crippen molar-refractivity contribution in [2.75, 3.05) is 0 Å². The molecule has 0 aliphatic carbocycles. The molecule has 0 radical (unpaired) electrons. The van der Waals surface area contributed by atoms with Crippen LogP contribution < -0.4 is 4.74 Å². The summed E-state index contributed by atoms with van der Waals surface area (Å²) >= 11 is 0. The Kier molecular flexibility index (Phi) is 4.83. The third-order valence-corrected chi connectivity index (χ3v) is 4.07. The van der Waals surface area contributed by atoms with Crippen molar-refractivity contribution >= 4 is 8.32 Å². The normalized spacial score (nSPS) is 13.9. The second-order valence-corrected chi connectivity index (χ2v) is 10.7. The summed E-state index contributed by atoms with van der Waals surface area (Å²) in [7, 11) is -1.89. The molecule has 1 unspecified atom stereocenters. The average Bonchev–Trinajstić information content (AvgIpc) is 2.48. The maximum absolute atomic E-state index is 12.9. The van der Waals surface area contributed by atoms with Crippen molar-refractivity contribution in [1.29, 1.82) is 5.26 Å². The smallest absolute Gasteiger partial charge is 0.219 e. The molecule has 1 aromatic carbocycles. The van der Waals surface area contributed by atoms with Crippen LogP contribution in [0.1, 0.15) is 12.5 Å². The number of rotatable bonds is 5. The molecule has 0 aliphatic heterocycles. The minimum atomic E-state index is -1.89.